The van der Waals surface area contributed by atoms with Crippen molar-refractivity contribution in [3.63, 3.8) is 0 Å². The van der Waals surface area contributed by atoms with Gasteiger partial charge in [-0.05, 0) is 13.3 Å². The molecule has 106 valence electrons. The summed E-state index contributed by atoms with van der Waals surface area (Å²) in [4.78, 5) is 8.97. The molecule has 0 aliphatic carbocycles. The molecule has 0 saturated heterocycles. The maximum absolute atomic E-state index is 5.54. The fourth-order valence-electron chi connectivity index (χ4n) is 1.95. The van der Waals surface area contributed by atoms with Crippen molar-refractivity contribution in [1.29, 1.82) is 0 Å². The smallest absolute Gasteiger partial charge is 0.157 e. The van der Waals surface area contributed by atoms with E-state index in [0.717, 1.165) is 23.2 Å². The summed E-state index contributed by atoms with van der Waals surface area (Å²) in [5.41, 5.74) is 5.48. The molecule has 5 nitrogen and oxygen atoms in total. The maximum Gasteiger partial charge on any atom is 0.157 e. The van der Waals surface area contributed by atoms with Gasteiger partial charge >= 0.3 is 0 Å². The summed E-state index contributed by atoms with van der Waals surface area (Å²) in [6.45, 7) is 5.11. The maximum atomic E-state index is 5.54. The van der Waals surface area contributed by atoms with Crippen LogP contribution < -0.4 is 11.3 Å². The molecule has 0 unspecified atom stereocenters. The average Bonchev–Trinajstić information content (AvgIpc) is 2.49. The Hall–Kier alpha value is -1.98. The number of hydrogen-bond acceptors (Lipinski definition) is 5. The summed E-state index contributed by atoms with van der Waals surface area (Å²) in [5.74, 6) is 6.81. The Labute approximate surface area is 119 Å². The second kappa shape index (κ2) is 6.98. The number of hydrogen-bond donors (Lipinski definition) is 2. The molecule has 1 aromatic heterocycles. The van der Waals surface area contributed by atoms with Gasteiger partial charge in [0.15, 0.2) is 5.82 Å². The summed E-state index contributed by atoms with van der Waals surface area (Å²) in [5, 5.41) is 0. The first kappa shape index (κ1) is 14.4. The van der Waals surface area contributed by atoms with E-state index in [4.69, 9.17) is 10.6 Å². The third-order valence-electron chi connectivity index (χ3n) is 2.96. The lowest BCUT2D eigenvalue weighted by Gasteiger charge is -2.12. The number of nitrogens with one attached hydrogen (secondary N) is 1. The van der Waals surface area contributed by atoms with Gasteiger partial charge in [0.25, 0.3) is 0 Å². The molecule has 2 rings (SSSR count). The molecule has 0 saturated carbocycles. The molecule has 1 aromatic carbocycles. The van der Waals surface area contributed by atoms with Crippen molar-refractivity contribution in [2.24, 2.45) is 5.84 Å². The van der Waals surface area contributed by atoms with Gasteiger partial charge < -0.3 is 10.2 Å². The van der Waals surface area contributed by atoms with Gasteiger partial charge in [-0.25, -0.2) is 15.8 Å². The molecule has 5 heteroatoms. The number of nitrogens with two attached hydrogens (primary N) is 1. The van der Waals surface area contributed by atoms with Crippen LogP contribution >= 0.6 is 0 Å². The monoisotopic (exact) mass is 272 g/mol. The Kier molecular flexibility index (Phi) is 5.03. The van der Waals surface area contributed by atoms with Gasteiger partial charge in [-0.2, -0.15) is 0 Å². The molecule has 0 spiro atoms. The van der Waals surface area contributed by atoms with E-state index in [9.17, 15) is 0 Å². The van der Waals surface area contributed by atoms with Crippen LogP contribution in [-0.2, 0) is 11.3 Å². The Morgan fingerprint density at radius 3 is 2.60 bits per heavy atom. The Bertz CT molecular complexity index is 557. The first-order valence-electron chi connectivity index (χ1n) is 6.73. The Morgan fingerprint density at radius 1 is 1.20 bits per heavy atom. The molecular weight excluding hydrogens is 252 g/mol. The molecule has 0 fully saturated rings. The van der Waals surface area contributed by atoms with Gasteiger partial charge in [0.2, 0.25) is 0 Å². The van der Waals surface area contributed by atoms with Crippen LogP contribution in [0.25, 0.3) is 11.3 Å². The number of rotatable bonds is 6. The van der Waals surface area contributed by atoms with E-state index >= 15 is 0 Å². The average molecular weight is 272 g/mol. The molecule has 0 atom stereocenters. The fourth-order valence-corrected chi connectivity index (χ4v) is 1.95. The number of nitrogens with zero attached hydrogens (tertiary/aromatic N) is 2. The second-order valence-corrected chi connectivity index (χ2v) is 4.52. The Balaban J connectivity index is 2.37. The lowest BCUT2D eigenvalue weighted by atomic mass is 10.1. The molecule has 0 aliphatic rings. The van der Waals surface area contributed by atoms with Crippen molar-refractivity contribution in [3.05, 3.63) is 41.7 Å². The summed E-state index contributed by atoms with van der Waals surface area (Å²) in [6, 6.07) is 9.99. The minimum absolute atomic E-state index is 0.392. The van der Waals surface area contributed by atoms with Crippen LogP contribution in [0.2, 0.25) is 0 Å². The Morgan fingerprint density at radius 2 is 1.95 bits per heavy atom. The lowest BCUT2D eigenvalue weighted by Crippen LogP contribution is -2.14. The highest BCUT2D eigenvalue weighted by atomic mass is 16.5. The molecule has 1 heterocycles. The summed E-state index contributed by atoms with van der Waals surface area (Å²) in [7, 11) is 0. The van der Waals surface area contributed by atoms with E-state index in [0.29, 0.717) is 24.9 Å². The van der Waals surface area contributed by atoms with Crippen LogP contribution in [0.5, 0.6) is 0 Å². The number of ether oxygens (including phenoxy) is 1. The van der Waals surface area contributed by atoms with Crippen LogP contribution in [0.1, 0.15) is 24.7 Å². The lowest BCUT2D eigenvalue weighted by molar-refractivity contribution is 0.116. The van der Waals surface area contributed by atoms with Gasteiger partial charge in [0.05, 0.1) is 5.69 Å². The minimum atomic E-state index is 0.392. The van der Waals surface area contributed by atoms with Crippen LogP contribution in [0.4, 0.5) is 5.82 Å². The quantitative estimate of drug-likeness (QED) is 0.480. The predicted octanol–water partition coefficient (Wildman–Crippen LogP) is 2.66. The van der Waals surface area contributed by atoms with E-state index in [1.807, 2.05) is 37.3 Å². The number of anilines is 1. The molecule has 2 aromatic rings. The molecule has 0 bridgehead atoms. The predicted molar refractivity (Wildman–Crippen MR) is 80.0 cm³/mol. The highest BCUT2D eigenvalue weighted by Crippen LogP contribution is 2.25. The number of hydrazine groups is 1. The van der Waals surface area contributed by atoms with Crippen molar-refractivity contribution >= 4 is 5.82 Å². The SMILES string of the molecule is CCCOCc1nc(NN)c(C)c(-c2ccccc2)n1. The minimum Gasteiger partial charge on any atom is -0.373 e. The number of nitrogen functional groups attached to an aromatic ring is 1. The third kappa shape index (κ3) is 3.31. The number of benzene rings is 1. The topological polar surface area (TPSA) is 73.1 Å². The van der Waals surface area contributed by atoms with E-state index < -0.39 is 0 Å². The van der Waals surface area contributed by atoms with Crippen LogP contribution in [-0.4, -0.2) is 16.6 Å². The van der Waals surface area contributed by atoms with Gasteiger partial charge in [-0.1, -0.05) is 37.3 Å². The number of aromatic nitrogens is 2. The zero-order valence-electron chi connectivity index (χ0n) is 11.9. The van der Waals surface area contributed by atoms with Crippen molar-refractivity contribution in [3.8, 4) is 11.3 Å². The van der Waals surface area contributed by atoms with Crippen LogP contribution in [0.3, 0.4) is 0 Å². The highest BCUT2D eigenvalue weighted by Gasteiger charge is 2.11. The van der Waals surface area contributed by atoms with Gasteiger partial charge in [-0.3, -0.25) is 0 Å². The molecular formula is C15H20N4O. The van der Waals surface area contributed by atoms with E-state index in [2.05, 4.69) is 22.3 Å². The van der Waals surface area contributed by atoms with Crippen LogP contribution in [0.15, 0.2) is 30.3 Å². The first-order chi connectivity index (χ1) is 9.76. The normalized spacial score (nSPS) is 10.6. The van der Waals surface area contributed by atoms with Gasteiger partial charge in [-0.15, -0.1) is 0 Å². The molecule has 20 heavy (non-hydrogen) atoms. The second-order valence-electron chi connectivity index (χ2n) is 4.52. The summed E-state index contributed by atoms with van der Waals surface area (Å²) in [6.07, 6.45) is 0.972. The van der Waals surface area contributed by atoms with E-state index in [-0.39, 0.29) is 0 Å². The van der Waals surface area contributed by atoms with Crippen LogP contribution in [0, 0.1) is 6.92 Å². The van der Waals surface area contributed by atoms with Gasteiger partial charge in [0, 0.05) is 17.7 Å². The molecule has 3 N–H and O–H groups in total. The summed E-state index contributed by atoms with van der Waals surface area (Å²) < 4.78 is 5.51. The first-order valence-corrected chi connectivity index (χ1v) is 6.73. The fraction of sp³-hybridized carbons (Fsp3) is 0.333. The van der Waals surface area contributed by atoms with E-state index in [1.54, 1.807) is 0 Å². The zero-order chi connectivity index (χ0) is 14.4. The third-order valence-corrected chi connectivity index (χ3v) is 2.96. The van der Waals surface area contributed by atoms with Crippen molar-refractivity contribution < 1.29 is 4.74 Å². The molecule has 0 radical (unpaired) electrons. The summed E-state index contributed by atoms with van der Waals surface area (Å²) >= 11 is 0. The molecule has 0 amide bonds. The standard InChI is InChI=1S/C15H20N4O/c1-3-9-20-10-13-17-14(11(2)15(18-13)19-16)12-7-5-4-6-8-12/h4-8H,3,9-10,16H2,1-2H3,(H,17,18,19). The highest BCUT2D eigenvalue weighted by molar-refractivity contribution is 5.67. The van der Waals surface area contributed by atoms with E-state index in [1.165, 1.54) is 0 Å². The molecule has 0 aliphatic heterocycles. The largest absolute Gasteiger partial charge is 0.373 e. The van der Waals surface area contributed by atoms with Crippen molar-refractivity contribution in [1.82, 2.24) is 9.97 Å². The van der Waals surface area contributed by atoms with Gasteiger partial charge in [0.1, 0.15) is 12.4 Å². The van der Waals surface area contributed by atoms with Crippen molar-refractivity contribution in [2.45, 2.75) is 26.9 Å². The van der Waals surface area contributed by atoms with Crippen molar-refractivity contribution in [2.75, 3.05) is 12.0 Å². The zero-order valence-corrected chi connectivity index (χ0v) is 11.9.